The second-order valence-corrected chi connectivity index (χ2v) is 11.7. The Labute approximate surface area is 330 Å². The Kier molecular flexibility index (Phi) is 26.3. The van der Waals surface area contributed by atoms with Crippen LogP contribution in [0.3, 0.4) is 0 Å². The number of benzene rings is 1. The van der Waals surface area contributed by atoms with E-state index in [4.69, 9.17) is 34.0 Å². The molecule has 0 aliphatic rings. The summed E-state index contributed by atoms with van der Waals surface area (Å²) in [6.45, 7) is -1.47. The molecule has 23 heteroatoms. The molecule has 0 aliphatic carbocycles. The van der Waals surface area contributed by atoms with Crippen LogP contribution in [-0.2, 0) is 47.7 Å². The molecule has 0 atom stereocenters. The van der Waals surface area contributed by atoms with Crippen molar-refractivity contribution in [3.63, 3.8) is 0 Å². The van der Waals surface area contributed by atoms with Gasteiger partial charge in [-0.2, -0.15) is 0 Å². The number of hydrogen-bond donors (Lipinski definition) is 5. The number of carbonyl (C=O) groups is 7. The van der Waals surface area contributed by atoms with Crippen molar-refractivity contribution >= 4 is 41.4 Å². The van der Waals surface area contributed by atoms with Crippen LogP contribution >= 0.6 is 0 Å². The van der Waals surface area contributed by atoms with E-state index in [0.29, 0.717) is 6.42 Å². The Morgan fingerprint density at radius 1 is 0.579 bits per heavy atom. The van der Waals surface area contributed by atoms with Crippen LogP contribution in [0.25, 0.3) is 10.4 Å². The van der Waals surface area contributed by atoms with Gasteiger partial charge in [0, 0.05) is 84.2 Å². The van der Waals surface area contributed by atoms with Gasteiger partial charge in [0.2, 0.25) is 23.6 Å². The van der Waals surface area contributed by atoms with Gasteiger partial charge in [-0.15, -0.1) is 0 Å². The highest BCUT2D eigenvalue weighted by atomic mass is 16.5. The van der Waals surface area contributed by atoms with E-state index < -0.39 is 80.7 Å². The van der Waals surface area contributed by atoms with Crippen molar-refractivity contribution in [3.05, 3.63) is 34.2 Å². The molecule has 0 fully saturated rings. The highest BCUT2D eigenvalue weighted by Crippen LogP contribution is 2.24. The third-order valence-electron chi connectivity index (χ3n) is 7.21. The van der Waals surface area contributed by atoms with Crippen LogP contribution < -0.4 is 36.1 Å². The van der Waals surface area contributed by atoms with Gasteiger partial charge in [0.25, 0.3) is 17.7 Å². The predicted octanol–water partition coefficient (Wildman–Crippen LogP) is -2.42. The van der Waals surface area contributed by atoms with Crippen LogP contribution in [0.4, 0.5) is 0 Å². The lowest BCUT2D eigenvalue weighted by molar-refractivity contribution is -0.141. The fraction of sp³-hybridized carbons (Fsp3) is 0.618. The molecule has 1 aromatic carbocycles. The summed E-state index contributed by atoms with van der Waals surface area (Å²) in [7, 11) is 5.82. The summed E-state index contributed by atoms with van der Waals surface area (Å²) in [5.74, 6) is -4.47. The molecule has 1 rings (SSSR count). The Morgan fingerprint density at radius 2 is 0.947 bits per heavy atom. The number of hydrogen-bond acceptors (Lipinski definition) is 14. The summed E-state index contributed by atoms with van der Waals surface area (Å²) < 4.78 is 31.1. The van der Waals surface area contributed by atoms with Gasteiger partial charge < -0.3 is 64.8 Å². The number of rotatable bonds is 31. The summed E-state index contributed by atoms with van der Waals surface area (Å²) in [6, 6.07) is 3.88. The summed E-state index contributed by atoms with van der Waals surface area (Å²) in [6.07, 6.45) is 0.334. The Morgan fingerprint density at radius 3 is 1.28 bits per heavy atom. The molecule has 318 valence electrons. The Balaban J connectivity index is 3.28. The number of nitrogens with one attached hydrogen (secondary N) is 5. The zero-order valence-electron chi connectivity index (χ0n) is 32.8. The molecule has 0 bridgehead atoms. The maximum Gasteiger partial charge on any atom is 0.261 e. The molecule has 1 aromatic rings. The third kappa shape index (κ3) is 23.1. The predicted molar refractivity (Wildman–Crippen MR) is 201 cm³/mol. The molecular weight excluding hydrogens is 756 g/mol. The fourth-order valence-corrected chi connectivity index (χ4v) is 4.39. The van der Waals surface area contributed by atoms with Crippen LogP contribution in [0, 0.1) is 0 Å². The van der Waals surface area contributed by atoms with E-state index >= 15 is 0 Å². The minimum absolute atomic E-state index is 0.00928. The second-order valence-electron chi connectivity index (χ2n) is 11.7. The molecule has 5 N–H and O–H groups in total. The molecule has 0 aliphatic heterocycles. The number of ether oxygens (including phenoxy) is 6. The monoisotopic (exact) mass is 810 g/mol. The van der Waals surface area contributed by atoms with Crippen LogP contribution in [0.2, 0.25) is 0 Å². The number of amides is 7. The van der Waals surface area contributed by atoms with Crippen molar-refractivity contribution in [2.24, 2.45) is 5.11 Å². The number of methoxy groups -OCH3 is 4. The van der Waals surface area contributed by atoms with Crippen molar-refractivity contribution in [1.29, 1.82) is 0 Å². The van der Waals surface area contributed by atoms with E-state index in [-0.39, 0.29) is 82.8 Å². The van der Waals surface area contributed by atoms with Crippen molar-refractivity contribution in [2.45, 2.75) is 6.42 Å². The maximum absolute atomic E-state index is 13.3. The molecule has 0 unspecified atom stereocenters. The Hall–Kier alpha value is -5.74. The van der Waals surface area contributed by atoms with E-state index in [0.717, 1.165) is 9.80 Å². The molecule has 57 heavy (non-hydrogen) atoms. The van der Waals surface area contributed by atoms with Gasteiger partial charge in [-0.1, -0.05) is 5.11 Å². The zero-order valence-corrected chi connectivity index (χ0v) is 32.8. The standard InChI is InChI=1S/C34H54N10O13/c1-52-12-8-36-28(45)19-43(20-29(46)37-9-13-53-2)32(49)23-56-26-16-25(34(51)40-6-5-7-41-42-35)17-27(18-26)57-24-33(50)44(21-30(47)38-10-14-54-3)22-31(48)39-11-15-55-4/h16-18H,5-15,19-24H2,1-4H3,(H,36,45)(H,37,46)(H,38,47)(H,39,48)(H,40,51). The van der Waals surface area contributed by atoms with Gasteiger partial charge in [0.1, 0.15) is 37.7 Å². The Bertz CT molecular complexity index is 1360. The fourth-order valence-electron chi connectivity index (χ4n) is 4.39. The van der Waals surface area contributed by atoms with E-state index in [2.05, 4.69) is 36.6 Å². The molecular formula is C34H54N10O13. The number of carbonyl (C=O) groups excluding carboxylic acids is 7. The first kappa shape index (κ1) is 49.3. The summed E-state index contributed by atoms with van der Waals surface area (Å²) in [5, 5.41) is 16.4. The number of azide groups is 1. The average molecular weight is 811 g/mol. The first-order chi connectivity index (χ1) is 27.5. The van der Waals surface area contributed by atoms with Gasteiger partial charge in [-0.25, -0.2) is 0 Å². The van der Waals surface area contributed by atoms with Crippen LogP contribution in [0.15, 0.2) is 23.3 Å². The normalized spacial score (nSPS) is 10.3. The molecule has 7 amide bonds. The highest BCUT2D eigenvalue weighted by molar-refractivity contribution is 5.95. The molecule has 0 radical (unpaired) electrons. The van der Waals surface area contributed by atoms with Gasteiger partial charge in [0.15, 0.2) is 13.2 Å². The average Bonchev–Trinajstić information content (AvgIpc) is 3.18. The minimum Gasteiger partial charge on any atom is -0.484 e. The van der Waals surface area contributed by atoms with Crippen molar-refractivity contribution in [2.75, 3.05) is 134 Å². The molecule has 23 nitrogen and oxygen atoms in total. The molecule has 0 aromatic heterocycles. The van der Waals surface area contributed by atoms with E-state index in [1.54, 1.807) is 0 Å². The molecule has 0 heterocycles. The second kappa shape index (κ2) is 30.5. The van der Waals surface area contributed by atoms with Gasteiger partial charge in [-0.05, 0) is 24.1 Å². The highest BCUT2D eigenvalue weighted by Gasteiger charge is 2.23. The van der Waals surface area contributed by atoms with Crippen LogP contribution in [0.5, 0.6) is 11.5 Å². The van der Waals surface area contributed by atoms with Crippen molar-refractivity contribution < 1.29 is 62.0 Å². The van der Waals surface area contributed by atoms with Crippen molar-refractivity contribution in [3.8, 4) is 11.5 Å². The van der Waals surface area contributed by atoms with E-state index in [1.165, 1.54) is 46.6 Å². The summed E-state index contributed by atoms with van der Waals surface area (Å²) in [5.41, 5.74) is 8.49. The molecule has 0 saturated carbocycles. The van der Waals surface area contributed by atoms with Crippen LogP contribution in [-0.4, -0.2) is 185 Å². The lowest BCUT2D eigenvalue weighted by Crippen LogP contribution is -2.48. The first-order valence-electron chi connectivity index (χ1n) is 17.8. The maximum atomic E-state index is 13.3. The quantitative estimate of drug-likeness (QED) is 0.0226. The largest absolute Gasteiger partial charge is 0.484 e. The first-order valence-corrected chi connectivity index (χ1v) is 17.8. The van der Waals surface area contributed by atoms with E-state index in [9.17, 15) is 33.6 Å². The smallest absolute Gasteiger partial charge is 0.261 e. The topological polar surface area (TPSA) is 290 Å². The van der Waals surface area contributed by atoms with Gasteiger partial charge in [-0.3, -0.25) is 33.6 Å². The number of nitrogens with zero attached hydrogens (tertiary/aromatic N) is 5. The lowest BCUT2D eigenvalue weighted by Gasteiger charge is -2.23. The molecule has 0 saturated heterocycles. The summed E-state index contributed by atoms with van der Waals surface area (Å²) >= 11 is 0. The van der Waals surface area contributed by atoms with Crippen molar-refractivity contribution in [1.82, 2.24) is 36.4 Å². The minimum atomic E-state index is -0.757. The zero-order chi connectivity index (χ0) is 42.3. The van der Waals surface area contributed by atoms with Crippen LogP contribution in [0.1, 0.15) is 16.8 Å². The van der Waals surface area contributed by atoms with Gasteiger partial charge in [0.05, 0.1) is 26.4 Å². The summed E-state index contributed by atoms with van der Waals surface area (Å²) in [4.78, 5) is 94.6. The third-order valence-corrected chi connectivity index (χ3v) is 7.21. The SMILES string of the molecule is COCCNC(=O)CN(CC(=O)NCCOC)C(=O)COc1cc(OCC(=O)N(CC(=O)NCCOC)CC(=O)NCCOC)cc(C(=O)NCCCN=[N+]=[N-])c1. The van der Waals surface area contributed by atoms with E-state index in [1.807, 2.05) is 0 Å². The lowest BCUT2D eigenvalue weighted by atomic mass is 10.2. The van der Waals surface area contributed by atoms with Gasteiger partial charge >= 0.3 is 0 Å². The molecule has 0 spiro atoms.